The van der Waals surface area contributed by atoms with Gasteiger partial charge in [-0.25, -0.2) is 0 Å². The summed E-state index contributed by atoms with van der Waals surface area (Å²) in [6, 6.07) is 18.4. The number of carbonyl (C=O) groups is 1. The van der Waals surface area contributed by atoms with Crippen molar-refractivity contribution in [3.63, 3.8) is 0 Å². The van der Waals surface area contributed by atoms with Gasteiger partial charge in [-0.05, 0) is 24.3 Å². The fourth-order valence-electron chi connectivity index (χ4n) is 3.18. The smallest absolute Gasteiger partial charge is 0.323 e. The van der Waals surface area contributed by atoms with Gasteiger partial charge in [-0.3, -0.25) is 14.9 Å². The van der Waals surface area contributed by atoms with Crippen LogP contribution in [0.5, 0.6) is 23.0 Å². The van der Waals surface area contributed by atoms with Crippen LogP contribution in [0.4, 0.5) is 5.69 Å². The van der Waals surface area contributed by atoms with E-state index in [1.54, 1.807) is 36.4 Å². The predicted octanol–water partition coefficient (Wildman–Crippen LogP) is 4.45. The summed E-state index contributed by atoms with van der Waals surface area (Å²) in [6.45, 7) is 0. The number of ether oxygens (including phenoxy) is 3. The van der Waals surface area contributed by atoms with Crippen molar-refractivity contribution < 1.29 is 23.9 Å². The van der Waals surface area contributed by atoms with Crippen molar-refractivity contribution in [2.75, 3.05) is 7.11 Å². The number of carbonyl (C=O) groups excluding carboxylic acids is 1. The molecule has 0 atom stereocenters. The van der Waals surface area contributed by atoms with E-state index in [9.17, 15) is 14.9 Å². The van der Waals surface area contributed by atoms with Gasteiger partial charge in [0.05, 0.1) is 18.1 Å². The van der Waals surface area contributed by atoms with Gasteiger partial charge in [-0.15, -0.1) is 0 Å². The quantitative estimate of drug-likeness (QED) is 0.289. The summed E-state index contributed by atoms with van der Waals surface area (Å²) in [5.74, 6) is -0.135. The molecule has 0 saturated carbocycles. The Kier molecular flexibility index (Phi) is 4.41. The Morgan fingerprint density at radius 1 is 1.00 bits per heavy atom. The van der Waals surface area contributed by atoms with E-state index in [-0.39, 0.29) is 11.4 Å². The van der Waals surface area contributed by atoms with Crippen LogP contribution < -0.4 is 14.2 Å². The molecule has 3 aromatic rings. The van der Waals surface area contributed by atoms with Crippen LogP contribution in [0.25, 0.3) is 0 Å². The molecule has 28 heavy (non-hydrogen) atoms. The van der Waals surface area contributed by atoms with Gasteiger partial charge in [-0.1, -0.05) is 36.4 Å². The first-order valence-electron chi connectivity index (χ1n) is 8.48. The Balaban J connectivity index is 1.75. The van der Waals surface area contributed by atoms with E-state index in [2.05, 4.69) is 0 Å². The molecule has 1 aliphatic rings. The van der Waals surface area contributed by atoms with Gasteiger partial charge in [-0.2, -0.15) is 0 Å². The first kappa shape index (κ1) is 17.5. The number of methoxy groups -OCH3 is 1. The first-order valence-corrected chi connectivity index (χ1v) is 8.48. The molecule has 7 heteroatoms. The highest BCUT2D eigenvalue weighted by molar-refractivity contribution is 5.87. The molecular weight excluding hydrogens is 362 g/mol. The van der Waals surface area contributed by atoms with Gasteiger partial charge in [0.15, 0.2) is 0 Å². The monoisotopic (exact) mass is 377 g/mol. The lowest BCUT2D eigenvalue weighted by molar-refractivity contribution is -0.385. The fraction of sp³-hybridized carbons (Fsp3) is 0.0952. The SMILES string of the molecule is COc1ccc(OC(=O)C2c3ccccc3Oc3ccccc32)c([N+](=O)[O-])c1. The van der Waals surface area contributed by atoms with E-state index in [0.717, 1.165) is 0 Å². The van der Waals surface area contributed by atoms with Gasteiger partial charge < -0.3 is 14.2 Å². The summed E-state index contributed by atoms with van der Waals surface area (Å²) in [7, 11) is 1.40. The minimum Gasteiger partial charge on any atom is -0.496 e. The molecule has 0 fully saturated rings. The summed E-state index contributed by atoms with van der Waals surface area (Å²) in [4.78, 5) is 23.9. The zero-order chi connectivity index (χ0) is 19.7. The zero-order valence-corrected chi connectivity index (χ0v) is 14.8. The lowest BCUT2D eigenvalue weighted by atomic mass is 9.88. The fourth-order valence-corrected chi connectivity index (χ4v) is 3.18. The first-order chi connectivity index (χ1) is 13.6. The molecule has 4 rings (SSSR count). The molecule has 3 aromatic carbocycles. The summed E-state index contributed by atoms with van der Waals surface area (Å²) < 4.78 is 16.3. The van der Waals surface area contributed by atoms with Gasteiger partial charge in [0, 0.05) is 11.1 Å². The molecule has 0 radical (unpaired) electrons. The normalized spacial score (nSPS) is 12.3. The van der Waals surface area contributed by atoms with Crippen molar-refractivity contribution in [2.24, 2.45) is 0 Å². The van der Waals surface area contributed by atoms with E-state index < -0.39 is 16.8 Å². The summed E-state index contributed by atoms with van der Waals surface area (Å²) in [5.41, 5.74) is 0.936. The average molecular weight is 377 g/mol. The van der Waals surface area contributed by atoms with E-state index in [1.165, 1.54) is 25.3 Å². The molecular formula is C21H15NO6. The number of esters is 1. The maximum Gasteiger partial charge on any atom is 0.323 e. The van der Waals surface area contributed by atoms with Crippen LogP contribution in [0, 0.1) is 10.1 Å². The number of hydrogen-bond acceptors (Lipinski definition) is 6. The molecule has 0 amide bonds. The van der Waals surface area contributed by atoms with Gasteiger partial charge in [0.1, 0.15) is 23.2 Å². The molecule has 0 aliphatic carbocycles. The lowest BCUT2D eigenvalue weighted by Gasteiger charge is -2.26. The van der Waals surface area contributed by atoms with Crippen molar-refractivity contribution in [3.8, 4) is 23.0 Å². The van der Waals surface area contributed by atoms with Crippen molar-refractivity contribution >= 4 is 11.7 Å². The Hall–Kier alpha value is -3.87. The van der Waals surface area contributed by atoms with Gasteiger partial charge >= 0.3 is 11.7 Å². The van der Waals surface area contributed by atoms with Crippen molar-refractivity contribution in [1.29, 1.82) is 0 Å². The topological polar surface area (TPSA) is 87.9 Å². The maximum atomic E-state index is 13.1. The van der Waals surface area contributed by atoms with Crippen molar-refractivity contribution in [3.05, 3.63) is 88.0 Å². The van der Waals surface area contributed by atoms with Crippen LogP contribution in [-0.4, -0.2) is 18.0 Å². The van der Waals surface area contributed by atoms with Crippen LogP contribution in [-0.2, 0) is 4.79 Å². The Morgan fingerprint density at radius 3 is 2.18 bits per heavy atom. The molecule has 0 spiro atoms. The second kappa shape index (κ2) is 7.03. The van der Waals surface area contributed by atoms with Gasteiger partial charge in [0.25, 0.3) is 0 Å². The number of hydrogen-bond donors (Lipinski definition) is 0. The standard InChI is InChI=1S/C21H15NO6/c1-26-13-10-11-19(16(12-13)22(24)25)28-21(23)20-14-6-2-4-8-17(14)27-18-9-5-3-7-15(18)20/h2-12,20H,1H3. The highest BCUT2D eigenvalue weighted by Gasteiger charge is 2.35. The third-order valence-corrected chi connectivity index (χ3v) is 4.49. The average Bonchev–Trinajstić information content (AvgIpc) is 2.71. The maximum absolute atomic E-state index is 13.1. The Morgan fingerprint density at radius 2 is 1.61 bits per heavy atom. The summed E-state index contributed by atoms with van der Waals surface area (Å²) in [5, 5.41) is 11.4. The minimum atomic E-state index is -0.761. The minimum absolute atomic E-state index is 0.141. The molecule has 1 heterocycles. The van der Waals surface area contributed by atoms with E-state index in [0.29, 0.717) is 28.4 Å². The van der Waals surface area contributed by atoms with Crippen LogP contribution in [0.2, 0.25) is 0 Å². The van der Waals surface area contributed by atoms with Crippen LogP contribution in [0.15, 0.2) is 66.7 Å². The lowest BCUT2D eigenvalue weighted by Crippen LogP contribution is -2.23. The highest BCUT2D eigenvalue weighted by Crippen LogP contribution is 2.45. The number of benzene rings is 3. The molecule has 0 bridgehead atoms. The number of rotatable bonds is 4. The van der Waals surface area contributed by atoms with Crippen LogP contribution in [0.1, 0.15) is 17.0 Å². The number of nitro groups is 1. The van der Waals surface area contributed by atoms with Gasteiger partial charge in [0.2, 0.25) is 5.75 Å². The Bertz CT molecular complexity index is 1030. The third kappa shape index (κ3) is 3.03. The molecule has 0 aromatic heterocycles. The zero-order valence-electron chi connectivity index (χ0n) is 14.8. The molecule has 0 saturated heterocycles. The van der Waals surface area contributed by atoms with Crippen molar-refractivity contribution in [2.45, 2.75) is 5.92 Å². The predicted molar refractivity (Wildman–Crippen MR) is 100 cm³/mol. The number of fused-ring (bicyclic) bond motifs is 2. The molecule has 140 valence electrons. The van der Waals surface area contributed by atoms with E-state index in [4.69, 9.17) is 14.2 Å². The molecule has 0 unspecified atom stereocenters. The molecule has 0 N–H and O–H groups in total. The largest absolute Gasteiger partial charge is 0.496 e. The second-order valence-electron chi connectivity index (χ2n) is 6.12. The number of para-hydroxylation sites is 2. The number of nitrogens with zero attached hydrogens (tertiary/aromatic N) is 1. The third-order valence-electron chi connectivity index (χ3n) is 4.49. The Labute approximate surface area is 160 Å². The molecule has 7 nitrogen and oxygen atoms in total. The van der Waals surface area contributed by atoms with Crippen LogP contribution >= 0.6 is 0 Å². The number of nitro benzene ring substituents is 1. The summed E-state index contributed by atoms with van der Waals surface area (Å²) in [6.07, 6.45) is 0. The second-order valence-corrected chi connectivity index (χ2v) is 6.12. The molecule has 1 aliphatic heterocycles. The summed E-state index contributed by atoms with van der Waals surface area (Å²) >= 11 is 0. The van der Waals surface area contributed by atoms with E-state index in [1.807, 2.05) is 12.1 Å². The van der Waals surface area contributed by atoms with E-state index >= 15 is 0 Å². The van der Waals surface area contributed by atoms with Crippen LogP contribution in [0.3, 0.4) is 0 Å². The van der Waals surface area contributed by atoms with Crippen molar-refractivity contribution in [1.82, 2.24) is 0 Å². The highest BCUT2D eigenvalue weighted by atomic mass is 16.6.